The molecule has 0 amide bonds. The molecule has 2 atom stereocenters. The molecule has 0 spiro atoms. The van der Waals surface area contributed by atoms with Crippen molar-refractivity contribution in [2.75, 3.05) is 34.3 Å². The molecule has 0 radical (unpaired) electrons. The summed E-state index contributed by atoms with van der Waals surface area (Å²) in [5.74, 6) is 0.157. The van der Waals surface area contributed by atoms with Crippen LogP contribution in [0.25, 0.3) is 0 Å². The smallest absolute Gasteiger partial charge is 0.339 e. The van der Waals surface area contributed by atoms with Gasteiger partial charge in [0.15, 0.2) is 0 Å². The van der Waals surface area contributed by atoms with Crippen LogP contribution in [0.2, 0.25) is 0 Å². The third-order valence-electron chi connectivity index (χ3n) is 4.71. The average Bonchev–Trinajstić information content (AvgIpc) is 2.90. The van der Waals surface area contributed by atoms with Crippen LogP contribution < -0.4 is 4.74 Å². The van der Waals surface area contributed by atoms with E-state index in [2.05, 4.69) is 30.8 Å². The zero-order valence-electron chi connectivity index (χ0n) is 15.4. The van der Waals surface area contributed by atoms with Crippen molar-refractivity contribution in [3.8, 4) is 5.75 Å². The molecule has 1 aliphatic rings. The monoisotopic (exact) mass is 392 g/mol. The normalized spacial score (nSPS) is 20.0. The number of rotatable bonds is 7. The van der Waals surface area contributed by atoms with E-state index in [9.17, 15) is 9.90 Å². The number of halogens is 2. The number of hydrogen-bond acceptors (Lipinski definition) is 4. The van der Waals surface area contributed by atoms with Crippen molar-refractivity contribution in [2.24, 2.45) is 5.92 Å². The van der Waals surface area contributed by atoms with E-state index in [1.807, 2.05) is 6.07 Å². The van der Waals surface area contributed by atoms with Gasteiger partial charge in [-0.3, -0.25) is 4.90 Å². The van der Waals surface area contributed by atoms with Crippen molar-refractivity contribution >= 4 is 30.8 Å². The van der Waals surface area contributed by atoms with Crippen molar-refractivity contribution < 1.29 is 14.6 Å². The number of ether oxygens (including phenoxy) is 1. The molecule has 1 saturated heterocycles. The van der Waals surface area contributed by atoms with E-state index in [-0.39, 0.29) is 30.4 Å². The topological polar surface area (TPSA) is 53.0 Å². The fourth-order valence-corrected chi connectivity index (χ4v) is 3.59. The highest BCUT2D eigenvalue weighted by Crippen LogP contribution is 2.27. The van der Waals surface area contributed by atoms with Gasteiger partial charge in [-0.25, -0.2) is 4.79 Å². The van der Waals surface area contributed by atoms with Gasteiger partial charge in [0, 0.05) is 25.7 Å². The molecule has 1 aromatic carbocycles. The summed E-state index contributed by atoms with van der Waals surface area (Å²) in [7, 11) is 5.79. The number of likely N-dealkylation sites (tertiary alicyclic amines) is 1. The molecule has 1 aromatic rings. The first-order valence-electron chi connectivity index (χ1n) is 8.25. The van der Waals surface area contributed by atoms with Crippen LogP contribution in [-0.4, -0.2) is 61.2 Å². The van der Waals surface area contributed by atoms with Gasteiger partial charge in [-0.15, -0.1) is 24.8 Å². The Morgan fingerprint density at radius 3 is 2.52 bits per heavy atom. The Hall–Kier alpha value is -1.01. The van der Waals surface area contributed by atoms with E-state index in [0.29, 0.717) is 17.7 Å². The minimum atomic E-state index is -0.944. The van der Waals surface area contributed by atoms with Gasteiger partial charge >= 0.3 is 5.97 Å². The molecule has 0 saturated carbocycles. The molecule has 0 aromatic heterocycles. The molecular weight excluding hydrogens is 363 g/mol. The van der Waals surface area contributed by atoms with Gasteiger partial charge in [0.2, 0.25) is 0 Å². The molecular formula is C18H30Cl2N2O3. The summed E-state index contributed by atoms with van der Waals surface area (Å²) in [6, 6.07) is 6.02. The fourth-order valence-electron chi connectivity index (χ4n) is 3.59. The predicted molar refractivity (Wildman–Crippen MR) is 106 cm³/mol. The van der Waals surface area contributed by atoms with Crippen LogP contribution in [0.4, 0.5) is 0 Å². The lowest BCUT2D eigenvalue weighted by Gasteiger charge is -2.24. The molecule has 144 valence electrons. The third-order valence-corrected chi connectivity index (χ3v) is 4.71. The second-order valence-corrected chi connectivity index (χ2v) is 6.61. The van der Waals surface area contributed by atoms with Crippen LogP contribution in [-0.2, 0) is 6.54 Å². The maximum absolute atomic E-state index is 11.3. The first-order valence-corrected chi connectivity index (χ1v) is 8.25. The predicted octanol–water partition coefficient (Wildman–Crippen LogP) is 3.40. The zero-order chi connectivity index (χ0) is 17.0. The summed E-state index contributed by atoms with van der Waals surface area (Å²) in [6.07, 6.45) is 2.44. The largest absolute Gasteiger partial charge is 0.496 e. The molecule has 5 nitrogen and oxygen atoms in total. The Labute approximate surface area is 163 Å². The number of benzene rings is 1. The number of nitrogens with zero attached hydrogens (tertiary/aromatic N) is 2. The highest BCUT2D eigenvalue weighted by atomic mass is 35.5. The third kappa shape index (κ3) is 6.03. The Kier molecular flexibility index (Phi) is 10.4. The second kappa shape index (κ2) is 10.9. The number of carboxylic acid groups (broad SMARTS) is 1. The van der Waals surface area contributed by atoms with Crippen LogP contribution in [0.1, 0.15) is 35.7 Å². The van der Waals surface area contributed by atoms with Crippen LogP contribution in [0, 0.1) is 5.92 Å². The van der Waals surface area contributed by atoms with Crippen LogP contribution >= 0.6 is 24.8 Å². The van der Waals surface area contributed by atoms with E-state index >= 15 is 0 Å². The molecule has 0 aliphatic carbocycles. The molecule has 1 fully saturated rings. The molecule has 1 heterocycles. The molecule has 25 heavy (non-hydrogen) atoms. The highest BCUT2D eigenvalue weighted by molar-refractivity contribution is 5.91. The summed E-state index contributed by atoms with van der Waals surface area (Å²) in [6.45, 7) is 5.13. The number of carbonyl (C=O) groups is 1. The van der Waals surface area contributed by atoms with E-state index in [1.54, 1.807) is 12.1 Å². The molecule has 1 aliphatic heterocycles. The molecule has 1 N–H and O–H groups in total. The van der Waals surface area contributed by atoms with Gasteiger partial charge < -0.3 is 14.7 Å². The number of likely N-dealkylation sites (N-methyl/N-ethyl adjacent to an activating group) is 1. The standard InChI is InChI=1S/C18H28N2O3.2ClH/c1-5-6-14-11-20(12-16(14)19(2)3)10-13-7-8-17(23-4)15(9-13)18(21)22;;/h7-9,14,16H,5-6,10-12H2,1-4H3,(H,21,22);2*1H/t14-,16-;;/m0../s1. The summed E-state index contributed by atoms with van der Waals surface area (Å²) in [5, 5.41) is 9.31. The Morgan fingerprint density at radius 2 is 2.00 bits per heavy atom. The summed E-state index contributed by atoms with van der Waals surface area (Å²) >= 11 is 0. The SMILES string of the molecule is CCC[C@H]1CN(Cc2ccc(OC)c(C(=O)O)c2)C[C@@H]1N(C)C.Cl.Cl. The van der Waals surface area contributed by atoms with E-state index < -0.39 is 5.97 Å². The average molecular weight is 393 g/mol. The van der Waals surface area contributed by atoms with Crippen molar-refractivity contribution in [3.05, 3.63) is 29.3 Å². The lowest BCUT2D eigenvalue weighted by Crippen LogP contribution is -2.35. The Balaban J connectivity index is 0.00000288. The number of carboxylic acids is 1. The highest BCUT2D eigenvalue weighted by Gasteiger charge is 2.33. The quantitative estimate of drug-likeness (QED) is 0.770. The van der Waals surface area contributed by atoms with E-state index in [0.717, 1.165) is 25.2 Å². The zero-order valence-corrected chi connectivity index (χ0v) is 17.0. The number of hydrogen-bond donors (Lipinski definition) is 1. The van der Waals surface area contributed by atoms with Gasteiger partial charge in [-0.1, -0.05) is 19.4 Å². The van der Waals surface area contributed by atoms with Crippen molar-refractivity contribution in [2.45, 2.75) is 32.4 Å². The summed E-state index contributed by atoms with van der Waals surface area (Å²) < 4.78 is 5.13. The van der Waals surface area contributed by atoms with Gasteiger partial charge in [0.25, 0.3) is 0 Å². The fraction of sp³-hybridized carbons (Fsp3) is 0.611. The molecule has 0 bridgehead atoms. The maximum Gasteiger partial charge on any atom is 0.339 e. The van der Waals surface area contributed by atoms with E-state index in [1.165, 1.54) is 20.0 Å². The summed E-state index contributed by atoms with van der Waals surface area (Å²) in [5.41, 5.74) is 1.26. The van der Waals surface area contributed by atoms with E-state index in [4.69, 9.17) is 4.74 Å². The first-order chi connectivity index (χ1) is 11.0. The van der Waals surface area contributed by atoms with Gasteiger partial charge in [-0.2, -0.15) is 0 Å². The molecule has 2 rings (SSSR count). The minimum absolute atomic E-state index is 0. The maximum atomic E-state index is 11.3. The second-order valence-electron chi connectivity index (χ2n) is 6.61. The summed E-state index contributed by atoms with van der Waals surface area (Å²) in [4.78, 5) is 16.1. The number of aromatic carboxylic acids is 1. The number of methoxy groups -OCH3 is 1. The lowest BCUT2D eigenvalue weighted by atomic mass is 9.98. The Bertz CT molecular complexity index is 555. The van der Waals surface area contributed by atoms with Crippen LogP contribution in [0.3, 0.4) is 0 Å². The van der Waals surface area contributed by atoms with Gasteiger partial charge in [-0.05, 0) is 44.1 Å². The molecule has 7 heteroatoms. The molecule has 0 unspecified atom stereocenters. The van der Waals surface area contributed by atoms with Crippen LogP contribution in [0.15, 0.2) is 18.2 Å². The lowest BCUT2D eigenvalue weighted by molar-refractivity contribution is 0.0693. The van der Waals surface area contributed by atoms with Gasteiger partial charge in [0.1, 0.15) is 11.3 Å². The van der Waals surface area contributed by atoms with Crippen molar-refractivity contribution in [1.82, 2.24) is 9.80 Å². The van der Waals surface area contributed by atoms with Crippen LogP contribution in [0.5, 0.6) is 5.75 Å². The first kappa shape index (κ1) is 24.0. The van der Waals surface area contributed by atoms with Crippen molar-refractivity contribution in [1.29, 1.82) is 0 Å². The minimum Gasteiger partial charge on any atom is -0.496 e. The Morgan fingerprint density at radius 1 is 1.32 bits per heavy atom. The van der Waals surface area contributed by atoms with Crippen molar-refractivity contribution in [3.63, 3.8) is 0 Å². The van der Waals surface area contributed by atoms with Gasteiger partial charge in [0.05, 0.1) is 7.11 Å².